The largest absolute Gasteiger partial charge is 0.481 e. The first-order valence-electron chi connectivity index (χ1n) is 7.06. The van der Waals surface area contributed by atoms with Gasteiger partial charge >= 0.3 is 5.97 Å². The van der Waals surface area contributed by atoms with Gasteiger partial charge in [0.05, 0.1) is 5.92 Å². The minimum atomic E-state index is -0.735. The number of rotatable bonds is 5. The molecule has 0 spiro atoms. The quantitative estimate of drug-likeness (QED) is 0.856. The van der Waals surface area contributed by atoms with Crippen LogP contribution in [-0.2, 0) is 16.0 Å². The van der Waals surface area contributed by atoms with Crippen molar-refractivity contribution < 1.29 is 14.7 Å². The molecule has 108 valence electrons. The Bertz CT molecular complexity index is 453. The van der Waals surface area contributed by atoms with Gasteiger partial charge in [0.25, 0.3) is 0 Å². The minimum absolute atomic E-state index is 0.0250. The zero-order valence-corrected chi connectivity index (χ0v) is 11.4. The van der Waals surface area contributed by atoms with Crippen LogP contribution in [0.15, 0.2) is 24.5 Å². The fourth-order valence-corrected chi connectivity index (χ4v) is 2.63. The molecule has 1 amide bonds. The fraction of sp³-hybridized carbons (Fsp3) is 0.533. The number of carbonyl (C=O) groups excluding carboxylic acids is 1. The van der Waals surface area contributed by atoms with Gasteiger partial charge in [0, 0.05) is 24.9 Å². The molecule has 2 N–H and O–H groups in total. The lowest BCUT2D eigenvalue weighted by molar-refractivity contribution is -0.144. The summed E-state index contributed by atoms with van der Waals surface area (Å²) in [6.07, 6.45) is 6.85. The van der Waals surface area contributed by atoms with Crippen LogP contribution >= 0.6 is 0 Å². The highest BCUT2D eigenvalue weighted by molar-refractivity contribution is 5.79. The maximum absolute atomic E-state index is 12.0. The molecule has 0 unspecified atom stereocenters. The van der Waals surface area contributed by atoms with Crippen molar-refractivity contribution in [2.24, 2.45) is 11.8 Å². The molecule has 2 rings (SSSR count). The van der Waals surface area contributed by atoms with Crippen LogP contribution in [0.1, 0.15) is 31.2 Å². The second-order valence-electron chi connectivity index (χ2n) is 5.28. The van der Waals surface area contributed by atoms with E-state index >= 15 is 0 Å². The van der Waals surface area contributed by atoms with E-state index in [2.05, 4.69) is 10.3 Å². The zero-order chi connectivity index (χ0) is 14.4. The monoisotopic (exact) mass is 276 g/mol. The second-order valence-corrected chi connectivity index (χ2v) is 5.28. The van der Waals surface area contributed by atoms with Crippen LogP contribution in [-0.4, -0.2) is 28.5 Å². The van der Waals surface area contributed by atoms with E-state index in [1.165, 1.54) is 0 Å². The van der Waals surface area contributed by atoms with E-state index in [1.807, 2.05) is 12.1 Å². The third-order valence-corrected chi connectivity index (χ3v) is 3.91. The summed E-state index contributed by atoms with van der Waals surface area (Å²) in [6.45, 7) is 0.613. The molecule has 0 saturated heterocycles. The molecule has 0 bridgehead atoms. The minimum Gasteiger partial charge on any atom is -0.481 e. The Hall–Kier alpha value is -1.91. The fourth-order valence-electron chi connectivity index (χ4n) is 2.63. The number of aromatic nitrogens is 1. The summed E-state index contributed by atoms with van der Waals surface area (Å²) in [4.78, 5) is 26.8. The topological polar surface area (TPSA) is 79.3 Å². The highest BCUT2D eigenvalue weighted by Crippen LogP contribution is 2.28. The number of nitrogens with zero attached hydrogens (tertiary/aromatic N) is 1. The van der Waals surface area contributed by atoms with Gasteiger partial charge < -0.3 is 10.4 Å². The third-order valence-electron chi connectivity index (χ3n) is 3.91. The molecule has 1 aromatic heterocycles. The van der Waals surface area contributed by atoms with Crippen LogP contribution < -0.4 is 5.32 Å². The van der Waals surface area contributed by atoms with Crippen LogP contribution in [0.2, 0.25) is 0 Å². The SMILES string of the molecule is O=C(O)C1CCC(C(=O)NCCc2ccncc2)CC1. The molecule has 1 saturated carbocycles. The van der Waals surface area contributed by atoms with Gasteiger partial charge in [-0.25, -0.2) is 0 Å². The van der Waals surface area contributed by atoms with E-state index < -0.39 is 5.97 Å². The molecule has 0 aliphatic heterocycles. The lowest BCUT2D eigenvalue weighted by atomic mass is 9.81. The molecule has 0 atom stereocenters. The normalized spacial score (nSPS) is 22.2. The number of carbonyl (C=O) groups is 2. The van der Waals surface area contributed by atoms with Gasteiger partial charge in [-0.3, -0.25) is 14.6 Å². The predicted molar refractivity (Wildman–Crippen MR) is 74.0 cm³/mol. The van der Waals surface area contributed by atoms with Crippen molar-refractivity contribution in [1.82, 2.24) is 10.3 Å². The molecule has 1 heterocycles. The van der Waals surface area contributed by atoms with Crippen molar-refractivity contribution >= 4 is 11.9 Å². The summed E-state index contributed by atoms with van der Waals surface area (Å²) in [6, 6.07) is 3.87. The number of nitrogens with one attached hydrogen (secondary N) is 1. The molecular formula is C15H20N2O3. The summed E-state index contributed by atoms with van der Waals surface area (Å²) >= 11 is 0. The summed E-state index contributed by atoms with van der Waals surface area (Å²) in [5, 5.41) is 11.9. The Morgan fingerprint density at radius 1 is 1.15 bits per heavy atom. The highest BCUT2D eigenvalue weighted by Gasteiger charge is 2.29. The number of aliphatic carboxylic acids is 1. The zero-order valence-electron chi connectivity index (χ0n) is 11.4. The summed E-state index contributed by atoms with van der Waals surface area (Å²) in [7, 11) is 0. The Labute approximate surface area is 118 Å². The number of amides is 1. The van der Waals surface area contributed by atoms with Crippen LogP contribution in [0.4, 0.5) is 0 Å². The van der Waals surface area contributed by atoms with E-state index in [4.69, 9.17) is 5.11 Å². The molecule has 1 aliphatic carbocycles. The van der Waals surface area contributed by atoms with E-state index in [9.17, 15) is 9.59 Å². The Kier molecular flexibility index (Phi) is 5.09. The van der Waals surface area contributed by atoms with Gasteiger partial charge in [0.2, 0.25) is 5.91 Å². The number of carboxylic acid groups (broad SMARTS) is 1. The van der Waals surface area contributed by atoms with Crippen LogP contribution in [0.5, 0.6) is 0 Å². The van der Waals surface area contributed by atoms with E-state index in [0.717, 1.165) is 12.0 Å². The number of hydrogen-bond donors (Lipinski definition) is 2. The van der Waals surface area contributed by atoms with Gasteiger partial charge in [-0.1, -0.05) is 0 Å². The second kappa shape index (κ2) is 7.03. The molecule has 1 aromatic rings. The molecule has 5 heteroatoms. The van der Waals surface area contributed by atoms with E-state index in [-0.39, 0.29) is 17.7 Å². The van der Waals surface area contributed by atoms with Crippen molar-refractivity contribution in [3.05, 3.63) is 30.1 Å². The van der Waals surface area contributed by atoms with Crippen LogP contribution in [0.3, 0.4) is 0 Å². The number of pyridine rings is 1. The Balaban J connectivity index is 1.69. The molecule has 5 nitrogen and oxygen atoms in total. The van der Waals surface area contributed by atoms with Crippen molar-refractivity contribution in [3.8, 4) is 0 Å². The highest BCUT2D eigenvalue weighted by atomic mass is 16.4. The predicted octanol–water partition coefficient (Wildman–Crippen LogP) is 1.63. The average molecular weight is 276 g/mol. The number of hydrogen-bond acceptors (Lipinski definition) is 3. The smallest absolute Gasteiger partial charge is 0.306 e. The van der Waals surface area contributed by atoms with Crippen molar-refractivity contribution in [3.63, 3.8) is 0 Å². The van der Waals surface area contributed by atoms with Gasteiger partial charge in [-0.2, -0.15) is 0 Å². The van der Waals surface area contributed by atoms with Crippen LogP contribution in [0, 0.1) is 11.8 Å². The lowest BCUT2D eigenvalue weighted by Gasteiger charge is -2.25. The summed E-state index contributed by atoms with van der Waals surface area (Å²) in [5.74, 6) is -0.969. The maximum atomic E-state index is 12.0. The molecule has 1 fully saturated rings. The Morgan fingerprint density at radius 2 is 1.75 bits per heavy atom. The first-order valence-corrected chi connectivity index (χ1v) is 7.06. The van der Waals surface area contributed by atoms with Crippen molar-refractivity contribution in [2.75, 3.05) is 6.54 Å². The first kappa shape index (κ1) is 14.5. The van der Waals surface area contributed by atoms with E-state index in [1.54, 1.807) is 12.4 Å². The van der Waals surface area contributed by atoms with Gasteiger partial charge in [0.1, 0.15) is 0 Å². The van der Waals surface area contributed by atoms with E-state index in [0.29, 0.717) is 32.2 Å². The van der Waals surface area contributed by atoms with Crippen molar-refractivity contribution in [2.45, 2.75) is 32.1 Å². The average Bonchev–Trinajstić information content (AvgIpc) is 2.48. The molecule has 0 radical (unpaired) electrons. The number of carboxylic acids is 1. The third kappa shape index (κ3) is 4.05. The standard InChI is InChI=1S/C15H20N2O3/c18-14(12-1-3-13(4-2-12)15(19)20)17-10-7-11-5-8-16-9-6-11/h5-6,8-9,12-13H,1-4,7,10H2,(H,17,18)(H,19,20). The van der Waals surface area contributed by atoms with Gasteiger partial charge in [-0.05, 0) is 49.8 Å². The van der Waals surface area contributed by atoms with Gasteiger partial charge in [-0.15, -0.1) is 0 Å². The summed E-state index contributed by atoms with van der Waals surface area (Å²) < 4.78 is 0. The van der Waals surface area contributed by atoms with Crippen molar-refractivity contribution in [1.29, 1.82) is 0 Å². The molecule has 0 aromatic carbocycles. The maximum Gasteiger partial charge on any atom is 0.306 e. The first-order chi connectivity index (χ1) is 9.66. The summed E-state index contributed by atoms with van der Waals surface area (Å²) in [5.41, 5.74) is 1.15. The molecule has 1 aliphatic rings. The lowest BCUT2D eigenvalue weighted by Crippen LogP contribution is -2.35. The Morgan fingerprint density at radius 3 is 2.35 bits per heavy atom. The van der Waals surface area contributed by atoms with Gasteiger partial charge in [0.15, 0.2) is 0 Å². The van der Waals surface area contributed by atoms with Crippen LogP contribution in [0.25, 0.3) is 0 Å². The molecule has 20 heavy (non-hydrogen) atoms. The molecular weight excluding hydrogens is 256 g/mol.